The predicted octanol–water partition coefficient (Wildman–Crippen LogP) is 12.7. The largest absolute Gasteiger partial charge is 0.465 e. The lowest BCUT2D eigenvalue weighted by molar-refractivity contribution is -0.149. The monoisotopic (exact) mass is 878 g/mol. The number of nitrogens with zero attached hydrogens (tertiary/aromatic N) is 2. The van der Waals surface area contributed by atoms with Gasteiger partial charge in [0.05, 0.1) is 19.8 Å². The third kappa shape index (κ3) is 34.7. The molecule has 1 fully saturated rings. The van der Waals surface area contributed by atoms with Crippen LogP contribution >= 0.6 is 0 Å². The van der Waals surface area contributed by atoms with Gasteiger partial charge in [0, 0.05) is 57.4 Å². The van der Waals surface area contributed by atoms with Crippen LogP contribution in [0.5, 0.6) is 0 Å². The van der Waals surface area contributed by atoms with Crippen LogP contribution in [0.4, 0.5) is 0 Å². The van der Waals surface area contributed by atoms with Crippen molar-refractivity contribution in [3.05, 3.63) is 0 Å². The quantitative estimate of drug-likeness (QED) is 0.0460. The van der Waals surface area contributed by atoms with Gasteiger partial charge in [0.1, 0.15) is 0 Å². The molecule has 1 atom stereocenters. The van der Waals surface area contributed by atoms with E-state index in [4.69, 9.17) is 9.47 Å². The molecule has 0 heterocycles. The summed E-state index contributed by atoms with van der Waals surface area (Å²) in [5.74, 6) is 0.555. The van der Waals surface area contributed by atoms with Gasteiger partial charge in [-0.2, -0.15) is 0 Å². The number of unbranched alkanes of at least 4 members (excludes halogenated alkanes) is 18. The highest BCUT2D eigenvalue weighted by Crippen LogP contribution is 2.25. The van der Waals surface area contributed by atoms with Gasteiger partial charge in [0.25, 0.3) is 0 Å². The topological polar surface area (TPSA) is 108 Å². The molecule has 1 aliphatic rings. The lowest BCUT2D eigenvalue weighted by atomic mass is 9.94. The van der Waals surface area contributed by atoms with Crippen molar-refractivity contribution in [2.24, 2.45) is 11.8 Å². The number of amides is 1. The van der Waals surface area contributed by atoms with Gasteiger partial charge in [-0.3, -0.25) is 24.2 Å². The van der Waals surface area contributed by atoms with Gasteiger partial charge in [0.15, 0.2) is 0 Å². The van der Waals surface area contributed by atoms with Gasteiger partial charge in [-0.15, -0.1) is 0 Å². The van der Waals surface area contributed by atoms with Crippen LogP contribution < -0.4 is 5.32 Å². The second-order valence-electron chi connectivity index (χ2n) is 19.1. The number of rotatable bonds is 46. The Morgan fingerprint density at radius 3 is 1.52 bits per heavy atom. The van der Waals surface area contributed by atoms with Crippen molar-refractivity contribution in [1.29, 1.82) is 0 Å². The number of hydrogen-bond donors (Lipinski definition) is 2. The number of carbonyl (C=O) groups is 3. The number of aliphatic hydroxyl groups excluding tert-OH is 1. The van der Waals surface area contributed by atoms with E-state index in [-0.39, 0.29) is 30.4 Å². The van der Waals surface area contributed by atoms with Crippen molar-refractivity contribution in [2.45, 2.75) is 252 Å². The average Bonchev–Trinajstić information content (AvgIpc) is 3.82. The van der Waals surface area contributed by atoms with Crippen molar-refractivity contribution < 1.29 is 29.0 Å². The summed E-state index contributed by atoms with van der Waals surface area (Å²) in [7, 11) is 0. The fourth-order valence-electron chi connectivity index (χ4n) is 9.16. The van der Waals surface area contributed by atoms with E-state index in [1.54, 1.807) is 0 Å². The lowest BCUT2D eigenvalue weighted by Crippen LogP contribution is -2.41. The molecule has 0 aromatic heterocycles. The molecule has 0 aromatic rings. The average molecular weight is 878 g/mol. The van der Waals surface area contributed by atoms with Crippen LogP contribution in [0.25, 0.3) is 0 Å². The Morgan fingerprint density at radius 1 is 0.516 bits per heavy atom. The van der Waals surface area contributed by atoms with Crippen molar-refractivity contribution >= 4 is 17.8 Å². The molecule has 0 spiro atoms. The zero-order valence-corrected chi connectivity index (χ0v) is 41.5. The SMILES string of the molecule is CCCCCCCCC(CCCCCC)CNC(=O)CCCCN(CCO)CCN(CCCCC(COC(=O)CCCCCCC)COC(=O)CCCCCCC)C1CCCC1. The fraction of sp³-hybridized carbons (Fsp3) is 0.943. The molecule has 1 rings (SSSR count). The summed E-state index contributed by atoms with van der Waals surface area (Å²) in [5, 5.41) is 13.2. The molecule has 0 bridgehead atoms. The Labute approximate surface area is 383 Å². The van der Waals surface area contributed by atoms with E-state index in [0.717, 1.165) is 103 Å². The van der Waals surface area contributed by atoms with Gasteiger partial charge in [0.2, 0.25) is 5.91 Å². The molecule has 62 heavy (non-hydrogen) atoms. The third-order valence-electron chi connectivity index (χ3n) is 13.3. The van der Waals surface area contributed by atoms with Crippen LogP contribution in [0.3, 0.4) is 0 Å². The summed E-state index contributed by atoms with van der Waals surface area (Å²) >= 11 is 0. The summed E-state index contributed by atoms with van der Waals surface area (Å²) in [4.78, 5) is 43.1. The van der Waals surface area contributed by atoms with E-state index >= 15 is 0 Å². The van der Waals surface area contributed by atoms with Crippen molar-refractivity contribution in [3.8, 4) is 0 Å². The summed E-state index contributed by atoms with van der Waals surface area (Å²) in [6.45, 7) is 15.1. The lowest BCUT2D eigenvalue weighted by Gasteiger charge is -2.32. The normalized spacial score (nSPS) is 13.7. The minimum absolute atomic E-state index is 0.0206. The zero-order valence-electron chi connectivity index (χ0n) is 41.5. The first-order valence-corrected chi connectivity index (χ1v) is 27.0. The predicted molar refractivity (Wildman–Crippen MR) is 260 cm³/mol. The van der Waals surface area contributed by atoms with Gasteiger partial charge in [-0.05, 0) is 83.2 Å². The number of carbonyl (C=O) groups excluding carboxylic acids is 3. The molecule has 0 saturated heterocycles. The Hall–Kier alpha value is -1.71. The zero-order chi connectivity index (χ0) is 45.1. The van der Waals surface area contributed by atoms with E-state index in [2.05, 4.69) is 42.8 Å². The van der Waals surface area contributed by atoms with E-state index < -0.39 is 0 Å². The Bertz CT molecular complexity index is 993. The smallest absolute Gasteiger partial charge is 0.305 e. The van der Waals surface area contributed by atoms with Gasteiger partial charge in [-0.1, -0.05) is 163 Å². The van der Waals surface area contributed by atoms with Crippen LogP contribution in [-0.4, -0.2) is 97.9 Å². The first kappa shape index (κ1) is 58.3. The number of esters is 2. The summed E-state index contributed by atoms with van der Waals surface area (Å²) < 4.78 is 11.5. The molecule has 2 N–H and O–H groups in total. The molecule has 1 aliphatic carbocycles. The standard InChI is InChI=1S/C53H103N3O6/c1-5-9-13-17-20-22-32-48(31-21-16-12-8-4)45-54-51(58)36-28-29-39-55(43-44-57)41-42-56(50-34-25-26-35-50)40-30-27-33-49(46-61-52(59)37-23-18-14-10-6-2)47-62-53(60)38-24-19-15-11-7-3/h48-50,57H,5-47H2,1-4H3,(H,54,58). The van der Waals surface area contributed by atoms with Gasteiger partial charge < -0.3 is 19.9 Å². The minimum atomic E-state index is -0.132. The molecule has 366 valence electrons. The second kappa shape index (κ2) is 43.2. The van der Waals surface area contributed by atoms with Crippen LogP contribution in [0.15, 0.2) is 0 Å². The number of ether oxygens (including phenoxy) is 2. The van der Waals surface area contributed by atoms with E-state index in [1.165, 1.54) is 128 Å². The summed E-state index contributed by atoms with van der Waals surface area (Å²) in [6.07, 6.45) is 37.9. The highest BCUT2D eigenvalue weighted by atomic mass is 16.5. The summed E-state index contributed by atoms with van der Waals surface area (Å²) in [5.41, 5.74) is 0. The highest BCUT2D eigenvalue weighted by molar-refractivity contribution is 5.75. The Kier molecular flexibility index (Phi) is 40.6. The van der Waals surface area contributed by atoms with E-state index in [9.17, 15) is 19.5 Å². The van der Waals surface area contributed by atoms with Gasteiger partial charge in [-0.25, -0.2) is 0 Å². The minimum Gasteiger partial charge on any atom is -0.465 e. The molecule has 9 heteroatoms. The van der Waals surface area contributed by atoms with Gasteiger partial charge >= 0.3 is 11.9 Å². The van der Waals surface area contributed by atoms with E-state index in [1.807, 2.05) is 0 Å². The number of nitrogens with one attached hydrogen (secondary N) is 1. The molecule has 9 nitrogen and oxygen atoms in total. The first-order chi connectivity index (χ1) is 30.4. The first-order valence-electron chi connectivity index (χ1n) is 27.0. The van der Waals surface area contributed by atoms with Crippen LogP contribution in [-0.2, 0) is 23.9 Å². The molecule has 1 saturated carbocycles. The molecule has 0 aliphatic heterocycles. The van der Waals surface area contributed by atoms with Crippen molar-refractivity contribution in [2.75, 3.05) is 59.1 Å². The molecule has 1 unspecified atom stereocenters. The number of aliphatic hydroxyl groups is 1. The third-order valence-corrected chi connectivity index (χ3v) is 13.3. The molecule has 0 aromatic carbocycles. The molecular weight excluding hydrogens is 775 g/mol. The maximum Gasteiger partial charge on any atom is 0.305 e. The fourth-order valence-corrected chi connectivity index (χ4v) is 9.16. The maximum absolute atomic E-state index is 12.9. The van der Waals surface area contributed by atoms with Crippen molar-refractivity contribution in [3.63, 3.8) is 0 Å². The van der Waals surface area contributed by atoms with Crippen LogP contribution in [0.1, 0.15) is 246 Å². The molecular formula is C53H103N3O6. The highest BCUT2D eigenvalue weighted by Gasteiger charge is 2.23. The molecule has 1 amide bonds. The Morgan fingerprint density at radius 2 is 0.968 bits per heavy atom. The van der Waals surface area contributed by atoms with E-state index in [0.29, 0.717) is 51.0 Å². The Balaban J connectivity index is 2.59. The van der Waals surface area contributed by atoms with Crippen LogP contribution in [0.2, 0.25) is 0 Å². The number of hydrogen-bond acceptors (Lipinski definition) is 8. The second-order valence-corrected chi connectivity index (χ2v) is 19.1. The maximum atomic E-state index is 12.9. The van der Waals surface area contributed by atoms with Crippen molar-refractivity contribution in [1.82, 2.24) is 15.1 Å². The molecule has 0 radical (unpaired) electrons. The summed E-state index contributed by atoms with van der Waals surface area (Å²) in [6, 6.07) is 0.610. The van der Waals surface area contributed by atoms with Crippen LogP contribution in [0, 0.1) is 11.8 Å².